The van der Waals surface area contributed by atoms with Crippen LogP contribution in [0, 0.1) is 0 Å². The van der Waals surface area contributed by atoms with Gasteiger partial charge in [0.15, 0.2) is 9.84 Å². The molecule has 1 amide bonds. The molecule has 0 saturated carbocycles. The van der Waals surface area contributed by atoms with E-state index in [1.165, 1.54) is 12.1 Å². The number of nitrogens with two attached hydrogens (primary N) is 1. The Kier molecular flexibility index (Phi) is 7.09. The van der Waals surface area contributed by atoms with Crippen LogP contribution in [0.2, 0.25) is 10.0 Å². The van der Waals surface area contributed by atoms with Gasteiger partial charge in [0.25, 0.3) is 5.92 Å². The Morgan fingerprint density at radius 1 is 1.20 bits per heavy atom. The van der Waals surface area contributed by atoms with E-state index >= 15 is 0 Å². The molecular formula is C23H26Cl2F2N4O3S. The standard InChI is InChI=1S/C23H26Cl2F2N4O3S/c1-2-35(33,34)14-5-3-13(4-6-14)15(11-18(28)32)22-29-17-12-16(24)21(19(25)20(17)30-22)31-9-7-23(26,27)8-10-31/h3-6,12,15,22,29-30H,2,7-11H2,1H3,(H2,28,32). The summed E-state index contributed by atoms with van der Waals surface area (Å²) in [6.07, 6.45) is -1.08. The van der Waals surface area contributed by atoms with Crippen LogP contribution in [-0.4, -0.2) is 45.3 Å². The number of anilines is 3. The van der Waals surface area contributed by atoms with E-state index in [1.54, 1.807) is 30.0 Å². The second kappa shape index (κ2) is 9.63. The van der Waals surface area contributed by atoms with Gasteiger partial charge < -0.3 is 21.3 Å². The summed E-state index contributed by atoms with van der Waals surface area (Å²) in [5.74, 6) is -3.71. The number of primary amides is 1. The number of nitrogens with zero attached hydrogens (tertiary/aromatic N) is 1. The predicted molar refractivity (Wildman–Crippen MR) is 135 cm³/mol. The van der Waals surface area contributed by atoms with Crippen molar-refractivity contribution in [3.8, 4) is 0 Å². The number of piperidine rings is 1. The van der Waals surface area contributed by atoms with Crippen LogP contribution in [0.15, 0.2) is 35.2 Å². The number of carbonyl (C=O) groups excluding carboxylic acids is 1. The molecule has 2 heterocycles. The van der Waals surface area contributed by atoms with Gasteiger partial charge in [-0.2, -0.15) is 0 Å². The fourth-order valence-electron chi connectivity index (χ4n) is 4.51. The quantitative estimate of drug-likeness (QED) is 0.458. The van der Waals surface area contributed by atoms with Crippen LogP contribution in [0.25, 0.3) is 0 Å². The molecular weight excluding hydrogens is 521 g/mol. The lowest BCUT2D eigenvalue weighted by Crippen LogP contribution is -2.39. The molecule has 35 heavy (non-hydrogen) atoms. The number of hydrogen-bond acceptors (Lipinski definition) is 6. The summed E-state index contributed by atoms with van der Waals surface area (Å²) in [7, 11) is -3.37. The van der Waals surface area contributed by atoms with E-state index in [0.717, 1.165) is 0 Å². The lowest BCUT2D eigenvalue weighted by molar-refractivity contribution is -0.118. The summed E-state index contributed by atoms with van der Waals surface area (Å²) in [4.78, 5) is 13.8. The molecule has 12 heteroatoms. The number of halogens is 4. The molecule has 4 rings (SSSR count). The summed E-state index contributed by atoms with van der Waals surface area (Å²) < 4.78 is 51.6. The van der Waals surface area contributed by atoms with Gasteiger partial charge in [-0.25, -0.2) is 17.2 Å². The van der Waals surface area contributed by atoms with Crippen molar-refractivity contribution in [2.24, 2.45) is 5.73 Å². The molecule has 4 N–H and O–H groups in total. The van der Waals surface area contributed by atoms with Crippen molar-refractivity contribution in [3.63, 3.8) is 0 Å². The number of hydrogen-bond donors (Lipinski definition) is 3. The fraction of sp³-hybridized carbons (Fsp3) is 0.435. The highest BCUT2D eigenvalue weighted by Crippen LogP contribution is 2.49. The molecule has 0 aliphatic carbocycles. The zero-order chi connectivity index (χ0) is 25.5. The van der Waals surface area contributed by atoms with Crippen molar-refractivity contribution < 1.29 is 22.0 Å². The first-order valence-corrected chi connectivity index (χ1v) is 13.6. The van der Waals surface area contributed by atoms with Crippen LogP contribution in [0.4, 0.5) is 25.8 Å². The highest BCUT2D eigenvalue weighted by atomic mass is 35.5. The minimum Gasteiger partial charge on any atom is -0.370 e. The Morgan fingerprint density at radius 2 is 1.83 bits per heavy atom. The number of carbonyl (C=O) groups is 1. The summed E-state index contributed by atoms with van der Waals surface area (Å²) in [5.41, 5.74) is 7.86. The maximum atomic E-state index is 13.6. The first-order valence-electron chi connectivity index (χ1n) is 11.2. The van der Waals surface area contributed by atoms with Crippen molar-refractivity contribution in [2.75, 3.05) is 34.4 Å². The van der Waals surface area contributed by atoms with Crippen molar-refractivity contribution >= 4 is 56.0 Å². The van der Waals surface area contributed by atoms with E-state index in [-0.39, 0.29) is 43.0 Å². The number of benzene rings is 2. The minimum absolute atomic E-state index is 0.0159. The lowest BCUT2D eigenvalue weighted by atomic mass is 9.92. The second-order valence-electron chi connectivity index (χ2n) is 8.80. The number of fused-ring (bicyclic) bond motifs is 1. The molecule has 0 radical (unpaired) electrons. The van der Waals surface area contributed by atoms with Crippen LogP contribution in [0.3, 0.4) is 0 Å². The van der Waals surface area contributed by atoms with Crippen molar-refractivity contribution in [1.82, 2.24) is 0 Å². The number of sulfone groups is 1. The third kappa shape index (κ3) is 5.29. The third-order valence-electron chi connectivity index (χ3n) is 6.49. The topological polar surface area (TPSA) is 105 Å². The number of amides is 1. The highest BCUT2D eigenvalue weighted by Gasteiger charge is 2.37. The van der Waals surface area contributed by atoms with E-state index < -0.39 is 33.8 Å². The molecule has 2 aliphatic rings. The molecule has 2 aromatic carbocycles. The summed E-state index contributed by atoms with van der Waals surface area (Å²) in [6.45, 7) is 1.82. The first-order chi connectivity index (χ1) is 16.4. The zero-order valence-corrected chi connectivity index (χ0v) is 21.3. The lowest BCUT2D eigenvalue weighted by Gasteiger charge is -2.34. The molecule has 2 aliphatic heterocycles. The Morgan fingerprint density at radius 3 is 2.40 bits per heavy atom. The van der Waals surface area contributed by atoms with Gasteiger partial charge in [0, 0.05) is 38.3 Å². The summed E-state index contributed by atoms with van der Waals surface area (Å²) >= 11 is 13.2. The first kappa shape index (κ1) is 25.8. The fourth-order valence-corrected chi connectivity index (χ4v) is 6.14. The van der Waals surface area contributed by atoms with E-state index in [4.69, 9.17) is 28.9 Å². The Balaban J connectivity index is 1.62. The van der Waals surface area contributed by atoms with Crippen LogP contribution in [0.5, 0.6) is 0 Å². The van der Waals surface area contributed by atoms with Crippen LogP contribution >= 0.6 is 23.2 Å². The van der Waals surface area contributed by atoms with E-state index in [0.29, 0.717) is 32.7 Å². The average Bonchev–Trinajstić information content (AvgIpc) is 3.22. The van der Waals surface area contributed by atoms with Gasteiger partial charge in [0.05, 0.1) is 37.8 Å². The summed E-state index contributed by atoms with van der Waals surface area (Å²) in [5, 5.41) is 7.19. The second-order valence-corrected chi connectivity index (χ2v) is 11.9. The summed E-state index contributed by atoms with van der Waals surface area (Å²) in [6, 6.07) is 8.03. The van der Waals surface area contributed by atoms with Gasteiger partial charge in [0.2, 0.25) is 5.91 Å². The molecule has 0 bridgehead atoms. The third-order valence-corrected chi connectivity index (χ3v) is 8.89. The van der Waals surface area contributed by atoms with E-state index in [1.807, 2.05) is 0 Å². The largest absolute Gasteiger partial charge is 0.370 e. The zero-order valence-electron chi connectivity index (χ0n) is 19.0. The van der Waals surface area contributed by atoms with Crippen molar-refractivity contribution in [1.29, 1.82) is 0 Å². The van der Waals surface area contributed by atoms with E-state index in [9.17, 15) is 22.0 Å². The molecule has 0 spiro atoms. The predicted octanol–water partition coefficient (Wildman–Crippen LogP) is 4.85. The Hall–Kier alpha value is -2.30. The van der Waals surface area contributed by atoms with Crippen LogP contribution < -0.4 is 21.3 Å². The van der Waals surface area contributed by atoms with Crippen molar-refractivity contribution in [2.45, 2.75) is 49.1 Å². The minimum atomic E-state index is -3.37. The van der Waals surface area contributed by atoms with Crippen LogP contribution in [-0.2, 0) is 14.6 Å². The van der Waals surface area contributed by atoms with Gasteiger partial charge in [-0.1, -0.05) is 42.3 Å². The highest BCUT2D eigenvalue weighted by molar-refractivity contribution is 7.91. The Bertz CT molecular complexity index is 1230. The maximum Gasteiger partial charge on any atom is 0.251 e. The monoisotopic (exact) mass is 546 g/mol. The average molecular weight is 547 g/mol. The van der Waals surface area contributed by atoms with Crippen molar-refractivity contribution in [3.05, 3.63) is 45.9 Å². The number of alkyl halides is 2. The van der Waals surface area contributed by atoms with Gasteiger partial charge in [-0.15, -0.1) is 0 Å². The number of nitrogens with one attached hydrogen (secondary N) is 2. The van der Waals surface area contributed by atoms with Gasteiger partial charge in [-0.05, 0) is 23.8 Å². The molecule has 190 valence electrons. The van der Waals surface area contributed by atoms with Gasteiger partial charge >= 0.3 is 0 Å². The van der Waals surface area contributed by atoms with Gasteiger partial charge in [0.1, 0.15) is 6.17 Å². The SMILES string of the molecule is CCS(=O)(=O)c1ccc(C(CC(N)=O)C2Nc3cc(Cl)c(N4CCC(F)(F)CC4)c(Cl)c3N2)cc1. The van der Waals surface area contributed by atoms with E-state index in [2.05, 4.69) is 10.6 Å². The molecule has 2 unspecified atom stereocenters. The van der Waals surface area contributed by atoms with Crippen LogP contribution in [0.1, 0.15) is 37.7 Å². The molecule has 2 aromatic rings. The molecule has 7 nitrogen and oxygen atoms in total. The number of rotatable bonds is 7. The molecule has 0 aromatic heterocycles. The van der Waals surface area contributed by atoms with Gasteiger partial charge in [-0.3, -0.25) is 4.79 Å². The molecule has 2 atom stereocenters. The smallest absolute Gasteiger partial charge is 0.251 e. The normalized spacial score (nSPS) is 20.0. The maximum absolute atomic E-state index is 13.6. The molecule has 1 fully saturated rings. The Labute approximate surface area is 212 Å². The molecule has 1 saturated heterocycles.